The van der Waals surface area contributed by atoms with Crippen LogP contribution in [0.4, 0.5) is 5.69 Å². The van der Waals surface area contributed by atoms with Crippen molar-refractivity contribution in [1.29, 1.82) is 0 Å². The summed E-state index contributed by atoms with van der Waals surface area (Å²) in [5, 5.41) is 5.41. The van der Waals surface area contributed by atoms with Crippen LogP contribution in [0.1, 0.15) is 6.92 Å². The molecule has 1 atom stereocenters. The van der Waals surface area contributed by atoms with E-state index < -0.39 is 5.25 Å². The smallest absolute Gasteiger partial charge is 0.263 e. The van der Waals surface area contributed by atoms with E-state index in [1.165, 1.54) is 23.1 Å². The van der Waals surface area contributed by atoms with Crippen molar-refractivity contribution in [3.05, 3.63) is 76.9 Å². The second-order valence-electron chi connectivity index (χ2n) is 7.61. The molecule has 9 heteroatoms. The highest BCUT2D eigenvalue weighted by atomic mass is 32.2. The quantitative estimate of drug-likeness (QED) is 0.219. The maximum Gasteiger partial charge on any atom is 0.263 e. The normalized spacial score (nSPS) is 13.1. The van der Waals surface area contributed by atoms with Gasteiger partial charge >= 0.3 is 0 Å². The van der Waals surface area contributed by atoms with Gasteiger partial charge in [0.25, 0.3) is 5.56 Å². The second-order valence-corrected chi connectivity index (χ2v) is 9.78. The van der Waals surface area contributed by atoms with Crippen LogP contribution in [0.25, 0.3) is 21.3 Å². The molecular formula is C25H21N3O4S2. The number of benzene rings is 2. The average Bonchev–Trinajstić information content (AvgIpc) is 3.49. The molecule has 172 valence electrons. The number of thioether (sulfide) groups is 1. The molecule has 2 aromatic carbocycles. The summed E-state index contributed by atoms with van der Waals surface area (Å²) in [6, 6.07) is 15.0. The Morgan fingerprint density at radius 2 is 2.06 bits per heavy atom. The molecular weight excluding hydrogens is 470 g/mol. The van der Waals surface area contributed by atoms with Gasteiger partial charge in [0.2, 0.25) is 12.7 Å². The molecule has 0 fully saturated rings. The van der Waals surface area contributed by atoms with Crippen molar-refractivity contribution in [3.8, 4) is 22.6 Å². The number of allylic oxidation sites excluding steroid dienone is 1. The number of ether oxygens (including phenoxy) is 2. The Morgan fingerprint density at radius 1 is 1.26 bits per heavy atom. The van der Waals surface area contributed by atoms with E-state index in [1.807, 2.05) is 35.7 Å². The number of hydrogen-bond acceptors (Lipinski definition) is 7. The van der Waals surface area contributed by atoms with Gasteiger partial charge in [0, 0.05) is 29.2 Å². The summed E-state index contributed by atoms with van der Waals surface area (Å²) >= 11 is 2.66. The molecule has 5 rings (SSSR count). The molecule has 0 saturated heterocycles. The Balaban J connectivity index is 1.43. The predicted octanol–water partition coefficient (Wildman–Crippen LogP) is 5.16. The number of carbonyl (C=O) groups is 1. The maximum absolute atomic E-state index is 13.5. The Morgan fingerprint density at radius 3 is 2.85 bits per heavy atom. The molecule has 1 amide bonds. The summed E-state index contributed by atoms with van der Waals surface area (Å²) < 4.78 is 12.3. The third-order valence-electron chi connectivity index (χ3n) is 5.35. The molecule has 0 bridgehead atoms. The maximum atomic E-state index is 13.5. The molecule has 0 saturated carbocycles. The number of nitrogens with one attached hydrogen (secondary N) is 1. The number of nitrogens with zero attached hydrogens (tertiary/aromatic N) is 2. The molecule has 2 aromatic heterocycles. The van der Waals surface area contributed by atoms with E-state index in [1.54, 1.807) is 35.8 Å². The lowest BCUT2D eigenvalue weighted by atomic mass is 10.1. The van der Waals surface area contributed by atoms with Crippen molar-refractivity contribution >= 4 is 44.9 Å². The molecule has 1 N–H and O–H groups in total. The number of amides is 1. The van der Waals surface area contributed by atoms with E-state index in [-0.39, 0.29) is 18.3 Å². The molecule has 0 radical (unpaired) electrons. The number of anilines is 1. The summed E-state index contributed by atoms with van der Waals surface area (Å²) in [7, 11) is 0. The van der Waals surface area contributed by atoms with Gasteiger partial charge in [0.15, 0.2) is 16.7 Å². The van der Waals surface area contributed by atoms with Crippen molar-refractivity contribution in [3.63, 3.8) is 0 Å². The zero-order chi connectivity index (χ0) is 23.7. The lowest BCUT2D eigenvalue weighted by Gasteiger charge is -2.15. The first-order valence-electron chi connectivity index (χ1n) is 10.6. The van der Waals surface area contributed by atoms with E-state index >= 15 is 0 Å². The van der Waals surface area contributed by atoms with Gasteiger partial charge in [-0.05, 0) is 24.6 Å². The fraction of sp³-hybridized carbons (Fsp3) is 0.160. The Bertz CT molecular complexity index is 1450. The number of thiophene rings is 1. The number of fused-ring (bicyclic) bond motifs is 2. The van der Waals surface area contributed by atoms with Gasteiger partial charge in [0.05, 0.1) is 10.6 Å². The third kappa shape index (κ3) is 4.20. The van der Waals surface area contributed by atoms with Crippen LogP contribution in [0, 0.1) is 0 Å². The fourth-order valence-electron chi connectivity index (χ4n) is 3.65. The SMILES string of the molecule is C=CCn1c(SC(C)C(=O)Nc2ccc3c(c2)OCO3)nc2scc(-c3ccccc3)c2c1=O. The lowest BCUT2D eigenvalue weighted by Crippen LogP contribution is -2.26. The molecule has 34 heavy (non-hydrogen) atoms. The van der Waals surface area contributed by atoms with Crippen molar-refractivity contribution in [2.24, 2.45) is 0 Å². The average molecular weight is 492 g/mol. The Labute approximate surface area is 204 Å². The van der Waals surface area contributed by atoms with Gasteiger partial charge in [-0.3, -0.25) is 14.2 Å². The zero-order valence-corrected chi connectivity index (χ0v) is 19.9. The van der Waals surface area contributed by atoms with Gasteiger partial charge in [-0.25, -0.2) is 4.98 Å². The zero-order valence-electron chi connectivity index (χ0n) is 18.3. The Kier molecular flexibility index (Phi) is 6.12. The highest BCUT2D eigenvalue weighted by molar-refractivity contribution is 8.00. The van der Waals surface area contributed by atoms with Crippen LogP contribution in [0.5, 0.6) is 11.5 Å². The van der Waals surface area contributed by atoms with Gasteiger partial charge < -0.3 is 14.8 Å². The molecule has 1 unspecified atom stereocenters. The van der Waals surface area contributed by atoms with E-state index in [0.29, 0.717) is 39.1 Å². The van der Waals surface area contributed by atoms with Crippen LogP contribution in [0.15, 0.2) is 76.5 Å². The predicted molar refractivity (Wildman–Crippen MR) is 136 cm³/mol. The summed E-state index contributed by atoms with van der Waals surface area (Å²) in [5.41, 5.74) is 2.30. The first-order valence-corrected chi connectivity index (χ1v) is 12.4. The van der Waals surface area contributed by atoms with Crippen molar-refractivity contribution in [2.75, 3.05) is 12.1 Å². The minimum Gasteiger partial charge on any atom is -0.454 e. The molecule has 1 aliphatic heterocycles. The molecule has 7 nitrogen and oxygen atoms in total. The van der Waals surface area contributed by atoms with Crippen LogP contribution in [0.3, 0.4) is 0 Å². The van der Waals surface area contributed by atoms with Crippen molar-refractivity contribution in [1.82, 2.24) is 9.55 Å². The van der Waals surface area contributed by atoms with E-state index in [4.69, 9.17) is 14.5 Å². The summed E-state index contributed by atoms with van der Waals surface area (Å²) in [4.78, 5) is 31.8. The first kappa shape index (κ1) is 22.2. The number of rotatable bonds is 7. The number of aromatic nitrogens is 2. The third-order valence-corrected chi connectivity index (χ3v) is 7.31. The largest absolute Gasteiger partial charge is 0.454 e. The van der Waals surface area contributed by atoms with Crippen LogP contribution in [0.2, 0.25) is 0 Å². The number of hydrogen-bond donors (Lipinski definition) is 1. The second kappa shape index (κ2) is 9.36. The minimum atomic E-state index is -0.501. The monoisotopic (exact) mass is 491 g/mol. The minimum absolute atomic E-state index is 0.143. The standard InChI is InChI=1S/C25H21N3O4S2/c1-3-11-28-24(30)21-18(16-7-5-4-6-8-16)13-33-23(21)27-25(28)34-15(2)22(29)26-17-9-10-19-20(12-17)32-14-31-19/h3-10,12-13,15H,1,11,14H2,2H3,(H,26,29). The molecule has 0 spiro atoms. The van der Waals surface area contributed by atoms with Crippen LogP contribution in [-0.4, -0.2) is 27.5 Å². The molecule has 1 aliphatic rings. The van der Waals surface area contributed by atoms with Gasteiger partial charge in [-0.1, -0.05) is 48.2 Å². The summed E-state index contributed by atoms with van der Waals surface area (Å²) in [6.45, 7) is 6.04. The van der Waals surface area contributed by atoms with Crippen LogP contribution >= 0.6 is 23.1 Å². The van der Waals surface area contributed by atoms with Gasteiger partial charge in [0.1, 0.15) is 4.83 Å². The van der Waals surface area contributed by atoms with Crippen LogP contribution in [-0.2, 0) is 11.3 Å². The lowest BCUT2D eigenvalue weighted by molar-refractivity contribution is -0.115. The number of carbonyl (C=O) groups excluding carboxylic acids is 1. The van der Waals surface area contributed by atoms with Gasteiger partial charge in [-0.15, -0.1) is 17.9 Å². The first-order chi connectivity index (χ1) is 16.5. The van der Waals surface area contributed by atoms with Crippen molar-refractivity contribution in [2.45, 2.75) is 23.9 Å². The Hall–Kier alpha value is -3.56. The molecule has 0 aliphatic carbocycles. The summed E-state index contributed by atoms with van der Waals surface area (Å²) in [5.74, 6) is 1.04. The highest BCUT2D eigenvalue weighted by Crippen LogP contribution is 2.35. The highest BCUT2D eigenvalue weighted by Gasteiger charge is 2.22. The molecule has 4 aromatic rings. The van der Waals surface area contributed by atoms with Crippen molar-refractivity contribution < 1.29 is 14.3 Å². The molecule has 3 heterocycles. The topological polar surface area (TPSA) is 82.5 Å². The van der Waals surface area contributed by atoms with E-state index in [0.717, 1.165) is 11.1 Å². The van der Waals surface area contributed by atoms with Gasteiger partial charge in [-0.2, -0.15) is 0 Å². The van der Waals surface area contributed by atoms with Crippen LogP contribution < -0.4 is 20.3 Å². The summed E-state index contributed by atoms with van der Waals surface area (Å²) in [6.07, 6.45) is 1.66. The van der Waals surface area contributed by atoms with E-state index in [9.17, 15) is 9.59 Å². The van der Waals surface area contributed by atoms with E-state index in [2.05, 4.69) is 11.9 Å². The fourth-order valence-corrected chi connectivity index (χ4v) is 5.55.